The van der Waals surface area contributed by atoms with Crippen LogP contribution in [-0.4, -0.2) is 18.6 Å². The van der Waals surface area contributed by atoms with E-state index in [-0.39, 0.29) is 12.0 Å². The van der Waals surface area contributed by atoms with Gasteiger partial charge >= 0.3 is 0 Å². The number of hydrogen-bond donors (Lipinski definition) is 1. The molecule has 0 spiro atoms. The monoisotopic (exact) mass is 391 g/mol. The molecule has 0 bridgehead atoms. The van der Waals surface area contributed by atoms with Crippen LogP contribution in [0, 0.1) is 0 Å². The molecule has 0 saturated heterocycles. The third kappa shape index (κ3) is 6.01. The Balaban J connectivity index is 1.57. The van der Waals surface area contributed by atoms with Gasteiger partial charge in [0.1, 0.15) is 23.0 Å². The van der Waals surface area contributed by atoms with Crippen LogP contribution in [0.2, 0.25) is 0 Å². The highest BCUT2D eigenvalue weighted by atomic mass is 16.5. The number of hydrogen-bond acceptors (Lipinski definition) is 4. The van der Waals surface area contributed by atoms with Crippen LogP contribution in [0.3, 0.4) is 0 Å². The summed E-state index contributed by atoms with van der Waals surface area (Å²) in [5, 5.41) is 2.88. The highest BCUT2D eigenvalue weighted by molar-refractivity contribution is 6.04. The van der Waals surface area contributed by atoms with Gasteiger partial charge in [0.2, 0.25) is 0 Å². The van der Waals surface area contributed by atoms with Crippen LogP contribution < -0.4 is 19.5 Å². The van der Waals surface area contributed by atoms with E-state index in [0.29, 0.717) is 29.4 Å². The maximum absolute atomic E-state index is 12.4. The van der Waals surface area contributed by atoms with Crippen molar-refractivity contribution in [1.29, 1.82) is 0 Å². The normalized spacial score (nSPS) is 10.5. The van der Waals surface area contributed by atoms with Crippen LogP contribution in [0.5, 0.6) is 23.0 Å². The number of carbonyl (C=O) groups is 1. The molecule has 5 nitrogen and oxygen atoms in total. The molecule has 3 aromatic carbocycles. The number of carbonyl (C=O) groups excluding carboxylic acids is 1. The van der Waals surface area contributed by atoms with Gasteiger partial charge in [-0.3, -0.25) is 4.79 Å². The van der Waals surface area contributed by atoms with E-state index in [9.17, 15) is 4.79 Å². The minimum Gasteiger partial charge on any atom is -0.494 e. The quantitative estimate of drug-likeness (QED) is 0.518. The Labute approximate surface area is 171 Å². The van der Waals surface area contributed by atoms with Gasteiger partial charge in [-0.1, -0.05) is 0 Å². The van der Waals surface area contributed by atoms with Crippen molar-refractivity contribution in [3.63, 3.8) is 0 Å². The van der Waals surface area contributed by atoms with Crippen LogP contribution >= 0.6 is 0 Å². The van der Waals surface area contributed by atoms with Gasteiger partial charge in [-0.2, -0.15) is 0 Å². The second-order valence-corrected chi connectivity index (χ2v) is 6.68. The fourth-order valence-electron chi connectivity index (χ4n) is 2.67. The third-order valence-electron chi connectivity index (χ3n) is 3.97. The van der Waals surface area contributed by atoms with Gasteiger partial charge in [0, 0.05) is 11.3 Å². The van der Waals surface area contributed by atoms with E-state index < -0.39 is 0 Å². The molecule has 0 aromatic heterocycles. The fraction of sp³-hybridized carbons (Fsp3) is 0.208. The first kappa shape index (κ1) is 20.3. The first-order chi connectivity index (χ1) is 14.0. The summed E-state index contributed by atoms with van der Waals surface area (Å²) >= 11 is 0. The smallest absolute Gasteiger partial charge is 0.255 e. The minimum atomic E-state index is -0.179. The van der Waals surface area contributed by atoms with E-state index in [1.165, 1.54) is 0 Å². The molecule has 0 aliphatic carbocycles. The minimum absolute atomic E-state index is 0.0954. The Morgan fingerprint density at radius 2 is 1.31 bits per heavy atom. The lowest BCUT2D eigenvalue weighted by Crippen LogP contribution is -2.12. The molecule has 3 aromatic rings. The van der Waals surface area contributed by atoms with Gasteiger partial charge in [-0.05, 0) is 93.6 Å². The number of ether oxygens (including phenoxy) is 3. The van der Waals surface area contributed by atoms with E-state index in [1.807, 2.05) is 57.2 Å². The zero-order valence-corrected chi connectivity index (χ0v) is 16.8. The highest BCUT2D eigenvalue weighted by Crippen LogP contribution is 2.25. The topological polar surface area (TPSA) is 56.8 Å². The standard InChI is InChI=1S/C24H25NO4/c1-4-27-20-13-15-23(16-14-20)29-22-11-7-19(8-12-22)25-24(26)18-5-9-21(10-6-18)28-17(2)3/h5-17H,4H2,1-3H3,(H,25,26). The first-order valence-corrected chi connectivity index (χ1v) is 9.62. The molecule has 150 valence electrons. The molecule has 0 aliphatic heterocycles. The predicted octanol–water partition coefficient (Wildman–Crippen LogP) is 5.92. The number of rotatable bonds is 8. The maximum Gasteiger partial charge on any atom is 0.255 e. The van der Waals surface area contributed by atoms with Crippen LogP contribution in [-0.2, 0) is 0 Å². The number of anilines is 1. The molecular weight excluding hydrogens is 366 g/mol. The van der Waals surface area contributed by atoms with Crippen LogP contribution in [0.1, 0.15) is 31.1 Å². The van der Waals surface area contributed by atoms with E-state index in [0.717, 1.165) is 11.5 Å². The molecule has 0 unspecified atom stereocenters. The van der Waals surface area contributed by atoms with E-state index in [2.05, 4.69) is 5.32 Å². The molecular formula is C24H25NO4. The lowest BCUT2D eigenvalue weighted by molar-refractivity contribution is 0.102. The summed E-state index contributed by atoms with van der Waals surface area (Å²) in [5.41, 5.74) is 1.26. The fourth-order valence-corrected chi connectivity index (χ4v) is 2.67. The summed E-state index contributed by atoms with van der Waals surface area (Å²) in [6.07, 6.45) is 0.0954. The molecule has 29 heavy (non-hydrogen) atoms. The highest BCUT2D eigenvalue weighted by Gasteiger charge is 2.07. The summed E-state index contributed by atoms with van der Waals surface area (Å²) in [6, 6.07) is 21.8. The van der Waals surface area contributed by atoms with Crippen molar-refractivity contribution in [2.45, 2.75) is 26.9 Å². The summed E-state index contributed by atoms with van der Waals surface area (Å²) < 4.78 is 16.8. The Hall–Kier alpha value is -3.47. The van der Waals surface area contributed by atoms with Crippen LogP contribution in [0.15, 0.2) is 72.8 Å². The molecule has 1 N–H and O–H groups in total. The number of amides is 1. The van der Waals surface area contributed by atoms with Gasteiger partial charge in [-0.25, -0.2) is 0 Å². The van der Waals surface area contributed by atoms with E-state index in [4.69, 9.17) is 14.2 Å². The molecule has 1 amide bonds. The summed E-state index contributed by atoms with van der Waals surface area (Å²) in [4.78, 5) is 12.4. The van der Waals surface area contributed by atoms with Crippen molar-refractivity contribution in [2.24, 2.45) is 0 Å². The second-order valence-electron chi connectivity index (χ2n) is 6.68. The number of benzene rings is 3. The maximum atomic E-state index is 12.4. The molecule has 0 aliphatic rings. The van der Waals surface area contributed by atoms with Crippen molar-refractivity contribution in [1.82, 2.24) is 0 Å². The summed E-state index contributed by atoms with van der Waals surface area (Å²) in [5.74, 6) is 2.77. The zero-order chi connectivity index (χ0) is 20.6. The lowest BCUT2D eigenvalue weighted by Gasteiger charge is -2.11. The largest absolute Gasteiger partial charge is 0.494 e. The number of nitrogens with one attached hydrogen (secondary N) is 1. The van der Waals surface area contributed by atoms with Gasteiger partial charge < -0.3 is 19.5 Å². The van der Waals surface area contributed by atoms with E-state index in [1.54, 1.807) is 36.4 Å². The predicted molar refractivity (Wildman–Crippen MR) is 114 cm³/mol. The summed E-state index contributed by atoms with van der Waals surface area (Å²) in [6.45, 7) is 6.50. The van der Waals surface area contributed by atoms with Gasteiger partial charge in [0.15, 0.2) is 0 Å². The molecule has 0 fully saturated rings. The molecule has 5 heteroatoms. The Morgan fingerprint density at radius 3 is 1.86 bits per heavy atom. The van der Waals surface area contributed by atoms with Crippen molar-refractivity contribution in [3.8, 4) is 23.0 Å². The molecule has 0 atom stereocenters. The zero-order valence-electron chi connectivity index (χ0n) is 16.8. The van der Waals surface area contributed by atoms with Gasteiger partial charge in [-0.15, -0.1) is 0 Å². The van der Waals surface area contributed by atoms with E-state index >= 15 is 0 Å². The van der Waals surface area contributed by atoms with Crippen LogP contribution in [0.25, 0.3) is 0 Å². The molecule has 3 rings (SSSR count). The summed E-state index contributed by atoms with van der Waals surface area (Å²) in [7, 11) is 0. The van der Waals surface area contributed by atoms with Crippen molar-refractivity contribution >= 4 is 11.6 Å². The first-order valence-electron chi connectivity index (χ1n) is 9.62. The Bertz CT molecular complexity index is 917. The Kier molecular flexibility index (Phi) is 6.74. The lowest BCUT2D eigenvalue weighted by atomic mass is 10.2. The average Bonchev–Trinajstić information content (AvgIpc) is 2.71. The van der Waals surface area contributed by atoms with Crippen LogP contribution in [0.4, 0.5) is 5.69 Å². The Morgan fingerprint density at radius 1 is 0.793 bits per heavy atom. The molecule has 0 heterocycles. The van der Waals surface area contributed by atoms with Gasteiger partial charge in [0.05, 0.1) is 12.7 Å². The van der Waals surface area contributed by atoms with Gasteiger partial charge in [0.25, 0.3) is 5.91 Å². The molecule has 0 saturated carbocycles. The SMILES string of the molecule is CCOc1ccc(Oc2ccc(NC(=O)c3ccc(OC(C)C)cc3)cc2)cc1. The van der Waals surface area contributed by atoms with Crippen molar-refractivity contribution in [3.05, 3.63) is 78.4 Å². The third-order valence-corrected chi connectivity index (χ3v) is 3.97. The second kappa shape index (κ2) is 9.64. The van der Waals surface area contributed by atoms with Crippen molar-refractivity contribution < 1.29 is 19.0 Å². The van der Waals surface area contributed by atoms with Crippen molar-refractivity contribution in [2.75, 3.05) is 11.9 Å². The molecule has 0 radical (unpaired) electrons. The average molecular weight is 391 g/mol.